The highest BCUT2D eigenvalue weighted by molar-refractivity contribution is 5.94. The van der Waals surface area contributed by atoms with Gasteiger partial charge < -0.3 is 25.0 Å². The highest BCUT2D eigenvalue weighted by atomic mass is 19.2. The van der Waals surface area contributed by atoms with Gasteiger partial charge in [0.25, 0.3) is 5.56 Å². The Kier molecular flexibility index (Phi) is 9.52. The van der Waals surface area contributed by atoms with Crippen LogP contribution in [0.15, 0.2) is 29.2 Å². The van der Waals surface area contributed by atoms with E-state index < -0.39 is 89.2 Å². The standard InChI is InChI=1S/C23H23F4N3O7/c1-10(2)20(30-6-4-5-14(23(30)36)28-11(3)31)22(35)29-15(8-17(33)34)16(32)9-37-21-18(26)12(24)7-13(25)19(21)27/h4-7,10,15,20H,8-9H2,1-3H3,(H,28,31)(H,29,35)(H,33,34). The molecule has 1 aromatic heterocycles. The Morgan fingerprint density at radius 2 is 1.68 bits per heavy atom. The van der Waals surface area contributed by atoms with Gasteiger partial charge >= 0.3 is 5.97 Å². The minimum atomic E-state index is -1.91. The van der Waals surface area contributed by atoms with Gasteiger partial charge in [0, 0.05) is 19.2 Å². The van der Waals surface area contributed by atoms with Crippen LogP contribution >= 0.6 is 0 Å². The van der Waals surface area contributed by atoms with E-state index >= 15 is 0 Å². The highest BCUT2D eigenvalue weighted by Gasteiger charge is 2.32. The Hall–Kier alpha value is -4.23. The van der Waals surface area contributed by atoms with Crippen LogP contribution in [0.2, 0.25) is 0 Å². The molecule has 0 aliphatic rings. The van der Waals surface area contributed by atoms with Gasteiger partial charge in [-0.3, -0.25) is 24.0 Å². The number of hydrogen-bond acceptors (Lipinski definition) is 6. The van der Waals surface area contributed by atoms with Crippen LogP contribution in [0.5, 0.6) is 5.75 Å². The van der Waals surface area contributed by atoms with E-state index in [0.717, 1.165) is 4.57 Å². The summed E-state index contributed by atoms with van der Waals surface area (Å²) in [7, 11) is 0. The van der Waals surface area contributed by atoms with Crippen LogP contribution in [-0.4, -0.2) is 45.9 Å². The number of carbonyl (C=O) groups is 4. The van der Waals surface area contributed by atoms with Crippen molar-refractivity contribution < 1.29 is 46.6 Å². The van der Waals surface area contributed by atoms with Gasteiger partial charge in [-0.15, -0.1) is 0 Å². The minimum Gasteiger partial charge on any atom is -0.481 e. The molecule has 200 valence electrons. The number of aromatic nitrogens is 1. The van der Waals surface area contributed by atoms with Gasteiger partial charge in [-0.05, 0) is 18.1 Å². The average Bonchev–Trinajstić information content (AvgIpc) is 2.79. The number of nitrogens with zero attached hydrogens (tertiary/aromatic N) is 1. The average molecular weight is 529 g/mol. The number of halogens is 4. The zero-order valence-corrected chi connectivity index (χ0v) is 19.8. The third-order valence-electron chi connectivity index (χ3n) is 5.00. The Bertz CT molecular complexity index is 1250. The fourth-order valence-corrected chi connectivity index (χ4v) is 3.36. The van der Waals surface area contributed by atoms with E-state index in [1.165, 1.54) is 25.3 Å². The largest absolute Gasteiger partial charge is 0.481 e. The molecule has 14 heteroatoms. The van der Waals surface area contributed by atoms with Gasteiger partial charge in [0.15, 0.2) is 23.2 Å². The van der Waals surface area contributed by atoms with Gasteiger partial charge in [0.2, 0.25) is 23.4 Å². The Labute approximate surface area is 207 Å². The van der Waals surface area contributed by atoms with Crippen molar-refractivity contribution in [1.82, 2.24) is 9.88 Å². The lowest BCUT2D eigenvalue weighted by Crippen LogP contribution is -2.49. The Morgan fingerprint density at radius 1 is 1.08 bits per heavy atom. The number of carbonyl (C=O) groups excluding carboxylic acids is 3. The number of anilines is 1. The van der Waals surface area contributed by atoms with Crippen LogP contribution in [0.1, 0.15) is 33.2 Å². The van der Waals surface area contributed by atoms with Crippen LogP contribution in [0.4, 0.5) is 23.2 Å². The number of Topliss-reactive ketones (excluding diaryl/α,β-unsaturated/α-hetero) is 1. The number of nitrogens with one attached hydrogen (secondary N) is 2. The second-order valence-electron chi connectivity index (χ2n) is 8.22. The Balaban J connectivity index is 2.31. The molecule has 1 aromatic carbocycles. The summed E-state index contributed by atoms with van der Waals surface area (Å²) in [6.45, 7) is 3.04. The van der Waals surface area contributed by atoms with Crippen LogP contribution < -0.4 is 20.9 Å². The third-order valence-corrected chi connectivity index (χ3v) is 5.00. The van der Waals surface area contributed by atoms with E-state index in [1.54, 1.807) is 13.8 Å². The molecule has 0 saturated heterocycles. The lowest BCUT2D eigenvalue weighted by atomic mass is 10.0. The number of benzene rings is 1. The summed E-state index contributed by atoms with van der Waals surface area (Å²) < 4.78 is 59.9. The summed E-state index contributed by atoms with van der Waals surface area (Å²) in [5, 5.41) is 13.6. The first-order chi connectivity index (χ1) is 17.2. The number of amides is 2. The number of ether oxygens (including phenoxy) is 1. The molecular weight excluding hydrogens is 506 g/mol. The van der Waals surface area contributed by atoms with Crippen LogP contribution in [-0.2, 0) is 19.2 Å². The van der Waals surface area contributed by atoms with Crippen LogP contribution in [0.25, 0.3) is 0 Å². The van der Waals surface area contributed by atoms with Crippen LogP contribution in [0, 0.1) is 29.2 Å². The van der Waals surface area contributed by atoms with Gasteiger partial charge in [-0.2, -0.15) is 8.78 Å². The summed E-state index contributed by atoms with van der Waals surface area (Å²) in [5.41, 5.74) is -0.888. The minimum absolute atomic E-state index is 0.0677. The smallest absolute Gasteiger partial charge is 0.305 e. The van der Waals surface area contributed by atoms with Gasteiger partial charge in [0.05, 0.1) is 6.42 Å². The molecule has 10 nitrogen and oxygen atoms in total. The second-order valence-corrected chi connectivity index (χ2v) is 8.22. The maximum absolute atomic E-state index is 13.8. The fraction of sp³-hybridized carbons (Fsp3) is 0.348. The maximum Gasteiger partial charge on any atom is 0.305 e. The van der Waals surface area contributed by atoms with Gasteiger partial charge in [-0.25, -0.2) is 8.78 Å². The van der Waals surface area contributed by atoms with E-state index in [1.807, 2.05) is 0 Å². The molecule has 2 atom stereocenters. The van der Waals surface area contributed by atoms with Gasteiger partial charge in [0.1, 0.15) is 24.4 Å². The molecule has 0 spiro atoms. The van der Waals surface area contributed by atoms with E-state index in [0.29, 0.717) is 0 Å². The first-order valence-electron chi connectivity index (χ1n) is 10.7. The first kappa shape index (κ1) is 29.0. The number of hydrogen-bond donors (Lipinski definition) is 3. The number of ketones is 1. The van der Waals surface area contributed by atoms with Crippen molar-refractivity contribution in [3.8, 4) is 5.75 Å². The van der Waals surface area contributed by atoms with Crippen molar-refractivity contribution in [3.05, 3.63) is 58.0 Å². The lowest BCUT2D eigenvalue weighted by molar-refractivity contribution is -0.141. The molecule has 2 aromatic rings. The van der Waals surface area contributed by atoms with Gasteiger partial charge in [-0.1, -0.05) is 13.8 Å². The molecule has 3 N–H and O–H groups in total. The second kappa shape index (κ2) is 12.1. The molecule has 0 aliphatic heterocycles. The monoisotopic (exact) mass is 529 g/mol. The zero-order chi connectivity index (χ0) is 28.0. The lowest BCUT2D eigenvalue weighted by Gasteiger charge is -2.25. The number of carboxylic acid groups (broad SMARTS) is 1. The maximum atomic E-state index is 13.8. The predicted molar refractivity (Wildman–Crippen MR) is 120 cm³/mol. The SMILES string of the molecule is CC(=O)Nc1cccn(C(C(=O)NC(CC(=O)O)C(=O)COc2c(F)c(F)cc(F)c2F)C(C)C)c1=O. The number of rotatable bonds is 11. The number of aliphatic carboxylic acids is 1. The normalized spacial score (nSPS) is 12.5. The summed E-state index contributed by atoms with van der Waals surface area (Å²) in [5.74, 6) is -13.8. The first-order valence-corrected chi connectivity index (χ1v) is 10.7. The van der Waals surface area contributed by atoms with Crippen molar-refractivity contribution in [2.45, 2.75) is 39.3 Å². The summed E-state index contributed by atoms with van der Waals surface area (Å²) >= 11 is 0. The van der Waals surface area contributed by atoms with E-state index in [9.17, 15) is 41.5 Å². The number of carboxylic acids is 1. The molecule has 0 aliphatic carbocycles. The fourth-order valence-electron chi connectivity index (χ4n) is 3.36. The van der Waals surface area contributed by atoms with E-state index in [-0.39, 0.29) is 11.8 Å². The van der Waals surface area contributed by atoms with Crippen molar-refractivity contribution in [3.63, 3.8) is 0 Å². The molecule has 1 heterocycles. The molecular formula is C23H23F4N3O7. The topological polar surface area (TPSA) is 144 Å². The van der Waals surface area contributed by atoms with Crippen molar-refractivity contribution in [2.75, 3.05) is 11.9 Å². The summed E-state index contributed by atoms with van der Waals surface area (Å²) in [6, 6.07) is -0.466. The van der Waals surface area contributed by atoms with E-state index in [2.05, 4.69) is 15.4 Å². The predicted octanol–water partition coefficient (Wildman–Crippen LogP) is 2.17. The molecule has 0 bridgehead atoms. The van der Waals surface area contributed by atoms with Crippen molar-refractivity contribution in [1.29, 1.82) is 0 Å². The summed E-state index contributed by atoms with van der Waals surface area (Å²) in [6.07, 6.45) is 0.265. The van der Waals surface area contributed by atoms with Crippen molar-refractivity contribution >= 4 is 29.3 Å². The van der Waals surface area contributed by atoms with Crippen LogP contribution in [0.3, 0.4) is 0 Å². The quantitative estimate of drug-likeness (QED) is 0.299. The highest BCUT2D eigenvalue weighted by Crippen LogP contribution is 2.26. The van der Waals surface area contributed by atoms with E-state index in [4.69, 9.17) is 5.11 Å². The molecule has 2 rings (SSSR count). The molecule has 0 radical (unpaired) electrons. The zero-order valence-electron chi connectivity index (χ0n) is 19.8. The van der Waals surface area contributed by atoms with Crippen molar-refractivity contribution in [2.24, 2.45) is 5.92 Å². The molecule has 37 heavy (non-hydrogen) atoms. The number of pyridine rings is 1. The Morgan fingerprint density at radius 3 is 2.19 bits per heavy atom. The third kappa shape index (κ3) is 7.15. The molecule has 2 unspecified atom stereocenters. The summed E-state index contributed by atoms with van der Waals surface area (Å²) in [4.78, 5) is 61.1. The molecule has 0 saturated carbocycles. The molecule has 2 amide bonds. The molecule has 0 fully saturated rings.